The summed E-state index contributed by atoms with van der Waals surface area (Å²) in [6.45, 7) is 5.75. The quantitative estimate of drug-likeness (QED) is 0.247. The topological polar surface area (TPSA) is 113 Å². The van der Waals surface area contributed by atoms with Crippen LogP contribution in [0.2, 0.25) is 5.02 Å². The maximum Gasteiger partial charge on any atom is 0.341 e. The van der Waals surface area contributed by atoms with Crippen LogP contribution >= 0.6 is 11.6 Å². The summed E-state index contributed by atoms with van der Waals surface area (Å²) in [6.07, 6.45) is 3.02. The summed E-state index contributed by atoms with van der Waals surface area (Å²) in [5.74, 6) is -0.938. The van der Waals surface area contributed by atoms with Crippen molar-refractivity contribution in [3.8, 4) is 5.75 Å². The second-order valence-electron chi connectivity index (χ2n) is 9.91. The highest BCUT2D eigenvalue weighted by Crippen LogP contribution is 2.22. The van der Waals surface area contributed by atoms with E-state index in [1.54, 1.807) is 74.0 Å². The molecule has 208 valence electrons. The molecule has 5 rings (SSSR count). The first-order chi connectivity index (χ1) is 19.2. The Morgan fingerprint density at radius 2 is 1.98 bits per heavy atom. The molecule has 1 fully saturated rings. The lowest BCUT2D eigenvalue weighted by molar-refractivity contribution is -0.130. The van der Waals surface area contributed by atoms with E-state index in [0.717, 1.165) is 12.8 Å². The molecule has 0 N–H and O–H groups in total. The molecule has 1 unspecified atom stereocenters. The van der Waals surface area contributed by atoms with Gasteiger partial charge in [0, 0.05) is 17.8 Å². The van der Waals surface area contributed by atoms with E-state index in [1.807, 2.05) is 0 Å². The molecule has 3 aromatic heterocycles. The standard InChI is InChI=1S/C29H29ClN4O6/c1-4-38-27(36)22-16-21-24(31-23-9-5-6-14-33(23)26(21)35)34(17-20-8-7-15-39-20)25(22)32-28(37)29(2,3)40-19-12-10-18(30)11-13-19/h5-6,9-14,16,20H,4,7-8,15,17H2,1-3H3. The Balaban J connectivity index is 1.76. The van der Waals surface area contributed by atoms with Crippen LogP contribution in [0.1, 0.15) is 44.0 Å². The monoisotopic (exact) mass is 564 g/mol. The highest BCUT2D eigenvalue weighted by atomic mass is 35.5. The minimum atomic E-state index is -1.41. The number of rotatable bonds is 7. The van der Waals surface area contributed by atoms with Crippen LogP contribution in [-0.4, -0.2) is 50.7 Å². The van der Waals surface area contributed by atoms with Gasteiger partial charge in [-0.25, -0.2) is 9.78 Å². The van der Waals surface area contributed by atoms with Crippen LogP contribution in [0, 0.1) is 0 Å². The summed E-state index contributed by atoms with van der Waals surface area (Å²) in [5.41, 5.74) is -1.09. The van der Waals surface area contributed by atoms with E-state index in [4.69, 9.17) is 30.8 Å². The summed E-state index contributed by atoms with van der Waals surface area (Å²) in [4.78, 5) is 49.5. The van der Waals surface area contributed by atoms with Gasteiger partial charge in [0.1, 0.15) is 22.6 Å². The number of carbonyl (C=O) groups is 2. The summed E-state index contributed by atoms with van der Waals surface area (Å²) < 4.78 is 20.2. The zero-order valence-corrected chi connectivity index (χ0v) is 23.2. The number of hydrogen-bond acceptors (Lipinski definition) is 7. The van der Waals surface area contributed by atoms with Crippen molar-refractivity contribution >= 4 is 40.2 Å². The molecule has 0 spiro atoms. The van der Waals surface area contributed by atoms with Gasteiger partial charge in [-0.05, 0) is 76.1 Å². The molecule has 1 atom stereocenters. The van der Waals surface area contributed by atoms with Crippen molar-refractivity contribution in [1.29, 1.82) is 0 Å². The van der Waals surface area contributed by atoms with Crippen LogP contribution in [0.15, 0.2) is 64.5 Å². The van der Waals surface area contributed by atoms with E-state index in [0.29, 0.717) is 23.0 Å². The van der Waals surface area contributed by atoms with Crippen molar-refractivity contribution in [2.45, 2.75) is 51.9 Å². The third-order valence-electron chi connectivity index (χ3n) is 6.60. The molecule has 1 aromatic carbocycles. The van der Waals surface area contributed by atoms with Crippen LogP contribution in [0.4, 0.5) is 0 Å². The van der Waals surface area contributed by atoms with Gasteiger partial charge >= 0.3 is 5.97 Å². The SMILES string of the molecule is CCOC(=O)c1cc2c(=O)n3ccccc3nc2n(CC2CCCO2)c1=NC(=O)C(C)(C)Oc1ccc(Cl)cc1. The van der Waals surface area contributed by atoms with Gasteiger partial charge < -0.3 is 18.8 Å². The van der Waals surface area contributed by atoms with Crippen molar-refractivity contribution < 1.29 is 23.8 Å². The average molecular weight is 565 g/mol. The molecule has 11 heteroatoms. The van der Waals surface area contributed by atoms with Crippen LogP contribution in [0.5, 0.6) is 5.75 Å². The van der Waals surface area contributed by atoms with E-state index < -0.39 is 17.5 Å². The van der Waals surface area contributed by atoms with E-state index in [1.165, 1.54) is 10.5 Å². The Labute approximate surface area is 234 Å². The lowest BCUT2D eigenvalue weighted by Gasteiger charge is -2.23. The molecule has 0 aliphatic carbocycles. The fourth-order valence-corrected chi connectivity index (χ4v) is 4.72. The Morgan fingerprint density at radius 3 is 2.67 bits per heavy atom. The average Bonchev–Trinajstić information content (AvgIpc) is 3.45. The summed E-state index contributed by atoms with van der Waals surface area (Å²) in [7, 11) is 0. The molecule has 10 nitrogen and oxygen atoms in total. The van der Waals surface area contributed by atoms with Crippen LogP contribution in [-0.2, 0) is 20.8 Å². The Morgan fingerprint density at radius 1 is 1.20 bits per heavy atom. The number of esters is 1. The summed E-state index contributed by atoms with van der Waals surface area (Å²) in [5, 5.41) is 0.718. The largest absolute Gasteiger partial charge is 0.478 e. The zero-order chi connectivity index (χ0) is 28.4. The van der Waals surface area contributed by atoms with Crippen molar-refractivity contribution in [1.82, 2.24) is 14.0 Å². The molecule has 1 aliphatic heterocycles. The second-order valence-corrected chi connectivity index (χ2v) is 10.4. The number of aromatic nitrogens is 3. The Hall–Kier alpha value is -4.02. The molecule has 4 heterocycles. The first-order valence-corrected chi connectivity index (χ1v) is 13.4. The summed E-state index contributed by atoms with van der Waals surface area (Å²) >= 11 is 5.98. The minimum absolute atomic E-state index is 0.0198. The molecule has 4 aromatic rings. The lowest BCUT2D eigenvalue weighted by Crippen LogP contribution is -2.41. The fraction of sp³-hybridized carbons (Fsp3) is 0.345. The third kappa shape index (κ3) is 5.50. The van der Waals surface area contributed by atoms with Gasteiger partial charge in [0.25, 0.3) is 11.5 Å². The Kier molecular flexibility index (Phi) is 7.73. The number of nitrogens with zero attached hydrogens (tertiary/aromatic N) is 4. The number of fused-ring (bicyclic) bond motifs is 2. The summed E-state index contributed by atoms with van der Waals surface area (Å²) in [6, 6.07) is 13.2. The van der Waals surface area contributed by atoms with E-state index >= 15 is 0 Å². The first-order valence-electron chi connectivity index (χ1n) is 13.1. The highest BCUT2D eigenvalue weighted by molar-refractivity contribution is 6.30. The van der Waals surface area contributed by atoms with E-state index in [-0.39, 0.29) is 46.9 Å². The fourth-order valence-electron chi connectivity index (χ4n) is 4.59. The van der Waals surface area contributed by atoms with Crippen LogP contribution in [0.25, 0.3) is 16.7 Å². The normalized spacial score (nSPS) is 16.0. The number of halogens is 1. The Bertz CT molecular complexity index is 1720. The van der Waals surface area contributed by atoms with Crippen molar-refractivity contribution in [3.05, 3.63) is 81.2 Å². The first kappa shape index (κ1) is 27.5. The highest BCUT2D eigenvalue weighted by Gasteiger charge is 2.31. The predicted molar refractivity (Wildman–Crippen MR) is 149 cm³/mol. The van der Waals surface area contributed by atoms with Crippen molar-refractivity contribution in [2.24, 2.45) is 4.99 Å². The van der Waals surface area contributed by atoms with Gasteiger partial charge in [-0.2, -0.15) is 4.99 Å². The molecule has 40 heavy (non-hydrogen) atoms. The molecule has 0 bridgehead atoms. The molecule has 1 aliphatic rings. The molecule has 0 saturated carbocycles. The van der Waals surface area contributed by atoms with Gasteiger partial charge in [0.05, 0.1) is 24.6 Å². The number of amides is 1. The van der Waals surface area contributed by atoms with E-state index in [9.17, 15) is 14.4 Å². The molecule has 1 amide bonds. The maximum absolute atomic E-state index is 13.6. The molecular formula is C29H29ClN4O6. The number of benzene rings is 1. The van der Waals surface area contributed by atoms with Crippen molar-refractivity contribution in [3.63, 3.8) is 0 Å². The van der Waals surface area contributed by atoms with Gasteiger partial charge in [-0.1, -0.05) is 17.7 Å². The van der Waals surface area contributed by atoms with E-state index in [2.05, 4.69) is 4.99 Å². The van der Waals surface area contributed by atoms with Crippen LogP contribution in [0.3, 0.4) is 0 Å². The lowest BCUT2D eigenvalue weighted by atomic mass is 10.1. The minimum Gasteiger partial charge on any atom is -0.478 e. The van der Waals surface area contributed by atoms with Gasteiger partial charge in [0.15, 0.2) is 11.1 Å². The number of carbonyl (C=O) groups excluding carboxylic acids is 2. The van der Waals surface area contributed by atoms with Gasteiger partial charge in [0.2, 0.25) is 0 Å². The zero-order valence-electron chi connectivity index (χ0n) is 22.4. The molecule has 0 radical (unpaired) electrons. The maximum atomic E-state index is 13.6. The second kappa shape index (κ2) is 11.2. The van der Waals surface area contributed by atoms with Crippen molar-refractivity contribution in [2.75, 3.05) is 13.2 Å². The smallest absolute Gasteiger partial charge is 0.341 e. The number of hydrogen-bond donors (Lipinski definition) is 0. The van der Waals surface area contributed by atoms with Crippen LogP contribution < -0.4 is 15.8 Å². The van der Waals surface area contributed by atoms with Gasteiger partial charge in [-0.15, -0.1) is 0 Å². The van der Waals surface area contributed by atoms with Gasteiger partial charge in [-0.3, -0.25) is 14.0 Å². The number of pyridine rings is 2. The third-order valence-corrected chi connectivity index (χ3v) is 6.86. The number of ether oxygens (including phenoxy) is 3. The molecular weight excluding hydrogens is 536 g/mol. The molecule has 1 saturated heterocycles. The predicted octanol–water partition coefficient (Wildman–Crippen LogP) is 3.94.